The summed E-state index contributed by atoms with van der Waals surface area (Å²) in [4.78, 5) is 0. The lowest BCUT2D eigenvalue weighted by Gasteiger charge is -2.26. The highest BCUT2D eigenvalue weighted by molar-refractivity contribution is 5.82. The lowest BCUT2D eigenvalue weighted by molar-refractivity contribution is 0.325. The highest BCUT2D eigenvalue weighted by Crippen LogP contribution is 2.37. The number of hydrogen-bond donors (Lipinski definition) is 1. The van der Waals surface area contributed by atoms with Crippen LogP contribution in [0.15, 0.2) is 28.7 Å². The topological polar surface area (TPSA) is 39.2 Å². The van der Waals surface area contributed by atoms with Crippen molar-refractivity contribution in [3.63, 3.8) is 0 Å². The van der Waals surface area contributed by atoms with Crippen molar-refractivity contribution in [3.05, 3.63) is 35.6 Å². The number of benzene rings is 1. The van der Waals surface area contributed by atoms with Crippen molar-refractivity contribution in [2.24, 2.45) is 11.7 Å². The minimum Gasteiger partial charge on any atom is -0.461 e. The van der Waals surface area contributed by atoms with Crippen LogP contribution >= 0.6 is 0 Å². The van der Waals surface area contributed by atoms with Gasteiger partial charge in [-0.1, -0.05) is 57.2 Å². The number of fused-ring (bicyclic) bond motifs is 1. The van der Waals surface area contributed by atoms with Crippen LogP contribution in [-0.2, 0) is 6.42 Å². The standard InChI is InChI=1S/C19H27NO/c1-2-16-18(15-12-8-9-13-17(15)21-16)19(20)14-10-6-4-3-5-7-11-14/h8-9,12-14,19H,2-7,10-11,20H2,1H3. The molecule has 0 aliphatic heterocycles. The van der Waals surface area contributed by atoms with Gasteiger partial charge in [0.25, 0.3) is 0 Å². The third-order valence-corrected chi connectivity index (χ3v) is 5.02. The lowest BCUT2D eigenvalue weighted by atomic mass is 9.82. The van der Waals surface area contributed by atoms with Gasteiger partial charge in [0, 0.05) is 23.4 Å². The minimum atomic E-state index is 0.127. The molecule has 1 aromatic carbocycles. The molecule has 0 amide bonds. The Morgan fingerprint density at radius 3 is 2.48 bits per heavy atom. The molecular weight excluding hydrogens is 258 g/mol. The second-order valence-electron chi connectivity index (χ2n) is 6.42. The molecule has 0 radical (unpaired) electrons. The summed E-state index contributed by atoms with van der Waals surface area (Å²) >= 11 is 0. The average molecular weight is 285 g/mol. The van der Waals surface area contributed by atoms with Crippen molar-refractivity contribution in [2.75, 3.05) is 0 Å². The monoisotopic (exact) mass is 285 g/mol. The Labute approximate surface area is 127 Å². The van der Waals surface area contributed by atoms with Crippen LogP contribution in [0.1, 0.15) is 69.2 Å². The number of furan rings is 1. The fourth-order valence-electron chi connectivity index (χ4n) is 3.83. The first-order valence-corrected chi connectivity index (χ1v) is 8.57. The Morgan fingerprint density at radius 1 is 1.10 bits per heavy atom. The van der Waals surface area contributed by atoms with Crippen LogP contribution in [0.4, 0.5) is 0 Å². The van der Waals surface area contributed by atoms with Gasteiger partial charge in [-0.3, -0.25) is 0 Å². The summed E-state index contributed by atoms with van der Waals surface area (Å²) in [6, 6.07) is 8.47. The van der Waals surface area contributed by atoms with Gasteiger partial charge in [-0.15, -0.1) is 0 Å². The molecule has 0 saturated heterocycles. The maximum absolute atomic E-state index is 6.72. The molecular formula is C19H27NO. The molecule has 2 heteroatoms. The highest BCUT2D eigenvalue weighted by atomic mass is 16.3. The van der Waals surface area contributed by atoms with Gasteiger partial charge in [0.2, 0.25) is 0 Å². The third-order valence-electron chi connectivity index (χ3n) is 5.02. The molecule has 1 aliphatic rings. The van der Waals surface area contributed by atoms with E-state index in [2.05, 4.69) is 25.1 Å². The Bertz CT molecular complexity index is 578. The molecule has 1 aromatic heterocycles. The Balaban J connectivity index is 1.93. The molecule has 1 aliphatic carbocycles. The van der Waals surface area contributed by atoms with E-state index in [1.54, 1.807) is 0 Å². The minimum absolute atomic E-state index is 0.127. The van der Waals surface area contributed by atoms with E-state index in [4.69, 9.17) is 10.2 Å². The van der Waals surface area contributed by atoms with Crippen LogP contribution in [-0.4, -0.2) is 0 Å². The largest absolute Gasteiger partial charge is 0.461 e. The number of para-hydroxylation sites is 1. The summed E-state index contributed by atoms with van der Waals surface area (Å²) in [6.45, 7) is 2.16. The summed E-state index contributed by atoms with van der Waals surface area (Å²) in [6.07, 6.45) is 10.3. The third kappa shape index (κ3) is 3.01. The summed E-state index contributed by atoms with van der Waals surface area (Å²) < 4.78 is 6.04. The summed E-state index contributed by atoms with van der Waals surface area (Å²) in [5.41, 5.74) is 8.99. The van der Waals surface area contributed by atoms with Gasteiger partial charge < -0.3 is 10.2 Å². The molecule has 0 bridgehead atoms. The SMILES string of the molecule is CCc1oc2ccccc2c1C(N)C1CCCCCCC1. The first kappa shape index (κ1) is 14.6. The zero-order chi connectivity index (χ0) is 14.7. The van der Waals surface area contributed by atoms with Gasteiger partial charge in [-0.2, -0.15) is 0 Å². The van der Waals surface area contributed by atoms with Crippen LogP contribution in [0.3, 0.4) is 0 Å². The summed E-state index contributed by atoms with van der Waals surface area (Å²) in [5, 5.41) is 1.23. The molecule has 3 rings (SSSR count). The van der Waals surface area contributed by atoms with E-state index in [0.29, 0.717) is 5.92 Å². The molecule has 2 N–H and O–H groups in total. The quantitative estimate of drug-likeness (QED) is 0.825. The molecule has 114 valence electrons. The van der Waals surface area contributed by atoms with Crippen LogP contribution < -0.4 is 5.73 Å². The van der Waals surface area contributed by atoms with Crippen LogP contribution in [0, 0.1) is 5.92 Å². The number of aryl methyl sites for hydroxylation is 1. The molecule has 2 nitrogen and oxygen atoms in total. The first-order chi connectivity index (χ1) is 10.3. The lowest BCUT2D eigenvalue weighted by Crippen LogP contribution is -2.23. The van der Waals surface area contributed by atoms with Crippen LogP contribution in [0.2, 0.25) is 0 Å². The van der Waals surface area contributed by atoms with Crippen molar-refractivity contribution in [3.8, 4) is 0 Å². The highest BCUT2D eigenvalue weighted by Gasteiger charge is 2.26. The summed E-state index contributed by atoms with van der Waals surface area (Å²) in [7, 11) is 0. The maximum Gasteiger partial charge on any atom is 0.134 e. The van der Waals surface area contributed by atoms with Gasteiger partial charge >= 0.3 is 0 Å². The number of rotatable bonds is 3. The van der Waals surface area contributed by atoms with E-state index in [1.165, 1.54) is 55.9 Å². The van der Waals surface area contributed by atoms with E-state index >= 15 is 0 Å². The van der Waals surface area contributed by atoms with Crippen molar-refractivity contribution in [1.29, 1.82) is 0 Å². The van der Waals surface area contributed by atoms with Crippen molar-refractivity contribution >= 4 is 11.0 Å². The van der Waals surface area contributed by atoms with E-state index < -0.39 is 0 Å². The van der Waals surface area contributed by atoms with Crippen LogP contribution in [0.25, 0.3) is 11.0 Å². The second-order valence-corrected chi connectivity index (χ2v) is 6.42. The maximum atomic E-state index is 6.72. The Hall–Kier alpha value is -1.28. The second kappa shape index (κ2) is 6.65. The summed E-state index contributed by atoms with van der Waals surface area (Å²) in [5.74, 6) is 1.70. The van der Waals surface area contributed by atoms with Crippen molar-refractivity contribution < 1.29 is 4.42 Å². The fourth-order valence-corrected chi connectivity index (χ4v) is 3.83. The van der Waals surface area contributed by atoms with E-state index in [1.807, 2.05) is 6.07 Å². The first-order valence-electron chi connectivity index (χ1n) is 8.57. The Kier molecular flexibility index (Phi) is 4.64. The van der Waals surface area contributed by atoms with Gasteiger partial charge in [-0.25, -0.2) is 0 Å². The number of nitrogens with two attached hydrogens (primary N) is 1. The average Bonchev–Trinajstić information content (AvgIpc) is 2.84. The molecule has 1 unspecified atom stereocenters. The van der Waals surface area contributed by atoms with E-state index in [-0.39, 0.29) is 6.04 Å². The molecule has 21 heavy (non-hydrogen) atoms. The van der Waals surface area contributed by atoms with Gasteiger partial charge in [0.15, 0.2) is 0 Å². The zero-order valence-corrected chi connectivity index (χ0v) is 13.1. The molecule has 1 atom stereocenters. The predicted octanol–water partition coefficient (Wildman–Crippen LogP) is 5.36. The fraction of sp³-hybridized carbons (Fsp3) is 0.579. The smallest absolute Gasteiger partial charge is 0.134 e. The van der Waals surface area contributed by atoms with E-state index in [0.717, 1.165) is 17.8 Å². The molecule has 1 heterocycles. The zero-order valence-electron chi connectivity index (χ0n) is 13.1. The van der Waals surface area contributed by atoms with Gasteiger partial charge in [0.05, 0.1) is 0 Å². The normalized spacial score (nSPS) is 19.3. The van der Waals surface area contributed by atoms with E-state index in [9.17, 15) is 0 Å². The molecule has 1 saturated carbocycles. The molecule has 0 spiro atoms. The van der Waals surface area contributed by atoms with Gasteiger partial charge in [0.1, 0.15) is 11.3 Å². The molecule has 2 aromatic rings. The predicted molar refractivity (Wildman–Crippen MR) is 88.3 cm³/mol. The van der Waals surface area contributed by atoms with Crippen molar-refractivity contribution in [2.45, 2.75) is 64.3 Å². The van der Waals surface area contributed by atoms with Gasteiger partial charge in [-0.05, 0) is 24.8 Å². The molecule has 1 fully saturated rings. The van der Waals surface area contributed by atoms with Crippen LogP contribution in [0.5, 0.6) is 0 Å². The van der Waals surface area contributed by atoms with Crippen molar-refractivity contribution in [1.82, 2.24) is 0 Å². The number of hydrogen-bond acceptors (Lipinski definition) is 2. The Morgan fingerprint density at radius 2 is 1.76 bits per heavy atom.